The predicted molar refractivity (Wildman–Crippen MR) is 69.7 cm³/mol. The van der Waals surface area contributed by atoms with E-state index in [4.69, 9.17) is 9.47 Å². The fourth-order valence-corrected chi connectivity index (χ4v) is 2.26. The molecule has 1 aliphatic heterocycles. The van der Waals surface area contributed by atoms with Crippen LogP contribution in [-0.4, -0.2) is 36.8 Å². The number of hydrogen-bond acceptors (Lipinski definition) is 3. The number of ether oxygens (including phenoxy) is 2. The molecule has 0 spiro atoms. The highest BCUT2D eigenvalue weighted by molar-refractivity contribution is 5.50. The smallest absolute Gasteiger partial charge is 0.287 e. The maximum Gasteiger partial charge on any atom is 0.287 e. The Balaban J connectivity index is 2.45. The second kappa shape index (κ2) is 5.40. The first-order valence-corrected chi connectivity index (χ1v) is 6.19. The Bertz CT molecular complexity index is 453. The standard InChI is InChI=1S/C14H20NO3/c1-4-10(8-16)11-5-12-7-15(2)9-18-14(12)13(6-11)17-3/h5-6,10,16H,2,4,7-9H2,1,3H3/q+1. The molecule has 0 saturated heterocycles. The number of rotatable bonds is 4. The van der Waals surface area contributed by atoms with Crippen molar-refractivity contribution in [3.8, 4) is 11.5 Å². The van der Waals surface area contributed by atoms with Crippen LogP contribution in [0.15, 0.2) is 12.1 Å². The summed E-state index contributed by atoms with van der Waals surface area (Å²) in [6.45, 7) is 7.31. The minimum Gasteiger partial charge on any atom is -0.493 e. The molecule has 0 aromatic heterocycles. The van der Waals surface area contributed by atoms with Crippen LogP contribution in [0, 0.1) is 0 Å². The molecule has 1 aromatic carbocycles. The van der Waals surface area contributed by atoms with Gasteiger partial charge in [0.15, 0.2) is 18.0 Å². The van der Waals surface area contributed by atoms with Crippen LogP contribution < -0.4 is 9.47 Å². The van der Waals surface area contributed by atoms with Gasteiger partial charge in [-0.2, -0.15) is 0 Å². The number of aliphatic hydroxyl groups excluding tert-OH is 1. The number of methoxy groups -OCH3 is 1. The number of aliphatic hydroxyl groups is 1. The Labute approximate surface area is 107 Å². The van der Waals surface area contributed by atoms with Crippen molar-refractivity contribution in [2.45, 2.75) is 25.8 Å². The highest BCUT2D eigenvalue weighted by Gasteiger charge is 2.24. The summed E-state index contributed by atoms with van der Waals surface area (Å²) in [6.07, 6.45) is 0.896. The van der Waals surface area contributed by atoms with E-state index in [0.29, 0.717) is 6.73 Å². The van der Waals surface area contributed by atoms with Crippen LogP contribution in [0.3, 0.4) is 0 Å². The van der Waals surface area contributed by atoms with Gasteiger partial charge in [0.1, 0.15) is 6.72 Å². The quantitative estimate of drug-likeness (QED) is 0.828. The van der Waals surface area contributed by atoms with Gasteiger partial charge in [-0.05, 0) is 24.1 Å². The second-order valence-electron chi connectivity index (χ2n) is 4.60. The highest BCUT2D eigenvalue weighted by Crippen LogP contribution is 2.37. The summed E-state index contributed by atoms with van der Waals surface area (Å²) in [5, 5.41) is 9.40. The first kappa shape index (κ1) is 12.9. The Kier molecular flexibility index (Phi) is 3.87. The number of fused-ring (bicyclic) bond motifs is 1. The Hall–Kier alpha value is -1.55. The lowest BCUT2D eigenvalue weighted by Crippen LogP contribution is -2.23. The molecule has 0 bridgehead atoms. The van der Waals surface area contributed by atoms with Crippen molar-refractivity contribution < 1.29 is 19.2 Å². The van der Waals surface area contributed by atoms with Crippen molar-refractivity contribution in [2.24, 2.45) is 0 Å². The lowest BCUT2D eigenvalue weighted by Gasteiger charge is -2.21. The van der Waals surface area contributed by atoms with Gasteiger partial charge in [-0.3, -0.25) is 0 Å². The monoisotopic (exact) mass is 250 g/mol. The van der Waals surface area contributed by atoms with Crippen molar-refractivity contribution in [1.29, 1.82) is 0 Å². The first-order valence-electron chi connectivity index (χ1n) is 6.19. The predicted octanol–water partition coefficient (Wildman–Crippen LogP) is 1.74. The molecule has 1 heterocycles. The van der Waals surface area contributed by atoms with Gasteiger partial charge < -0.3 is 14.6 Å². The normalized spacial score (nSPS) is 15.8. The molecule has 1 atom stereocenters. The highest BCUT2D eigenvalue weighted by atomic mass is 16.5. The van der Waals surface area contributed by atoms with Gasteiger partial charge in [-0.1, -0.05) is 6.92 Å². The molecule has 0 aliphatic carbocycles. The van der Waals surface area contributed by atoms with Gasteiger partial charge in [0.25, 0.3) is 6.73 Å². The van der Waals surface area contributed by atoms with E-state index in [1.54, 1.807) is 7.11 Å². The van der Waals surface area contributed by atoms with Gasteiger partial charge in [0.2, 0.25) is 0 Å². The molecule has 2 rings (SSSR count). The third-order valence-corrected chi connectivity index (χ3v) is 3.34. The average Bonchev–Trinajstić information content (AvgIpc) is 2.38. The Morgan fingerprint density at radius 2 is 2.33 bits per heavy atom. The molecule has 18 heavy (non-hydrogen) atoms. The summed E-state index contributed by atoms with van der Waals surface area (Å²) in [6, 6.07) is 4.04. The zero-order chi connectivity index (χ0) is 13.1. The number of benzene rings is 1. The SMILES string of the molecule is C=[N+]1COc2c(cc(C(CC)CO)cc2OC)C1. The molecule has 0 saturated carbocycles. The molecule has 4 nitrogen and oxygen atoms in total. The zero-order valence-electron chi connectivity index (χ0n) is 11.0. The minimum atomic E-state index is 0.143. The summed E-state index contributed by atoms with van der Waals surface area (Å²) in [5.41, 5.74) is 2.16. The van der Waals surface area contributed by atoms with E-state index in [9.17, 15) is 5.11 Å². The fourth-order valence-electron chi connectivity index (χ4n) is 2.26. The van der Waals surface area contributed by atoms with E-state index in [1.165, 1.54) is 0 Å². The topological polar surface area (TPSA) is 41.7 Å². The van der Waals surface area contributed by atoms with Crippen LogP contribution in [-0.2, 0) is 6.54 Å². The van der Waals surface area contributed by atoms with E-state index in [0.717, 1.165) is 35.6 Å². The van der Waals surface area contributed by atoms with E-state index >= 15 is 0 Å². The van der Waals surface area contributed by atoms with Crippen LogP contribution in [0.25, 0.3) is 0 Å². The molecule has 1 aliphatic rings. The molecular formula is C14H20NO3+. The third-order valence-electron chi connectivity index (χ3n) is 3.34. The second-order valence-corrected chi connectivity index (χ2v) is 4.60. The van der Waals surface area contributed by atoms with E-state index in [1.807, 2.05) is 10.6 Å². The van der Waals surface area contributed by atoms with E-state index < -0.39 is 0 Å². The van der Waals surface area contributed by atoms with Crippen molar-refractivity contribution in [1.82, 2.24) is 0 Å². The number of hydrogen-bond donors (Lipinski definition) is 1. The summed E-state index contributed by atoms with van der Waals surface area (Å²) < 4.78 is 12.9. The Morgan fingerprint density at radius 1 is 1.56 bits per heavy atom. The molecule has 1 unspecified atom stereocenters. The van der Waals surface area contributed by atoms with Crippen LogP contribution >= 0.6 is 0 Å². The van der Waals surface area contributed by atoms with Crippen molar-refractivity contribution >= 4 is 6.72 Å². The lowest BCUT2D eigenvalue weighted by molar-refractivity contribution is -0.572. The minimum absolute atomic E-state index is 0.143. The lowest BCUT2D eigenvalue weighted by atomic mass is 9.94. The van der Waals surface area contributed by atoms with Gasteiger partial charge in [0, 0.05) is 12.5 Å². The molecule has 4 heteroatoms. The van der Waals surface area contributed by atoms with Crippen LogP contribution in [0.1, 0.15) is 30.4 Å². The van der Waals surface area contributed by atoms with Crippen molar-refractivity contribution in [3.63, 3.8) is 0 Å². The average molecular weight is 250 g/mol. The molecule has 1 N–H and O–H groups in total. The molecule has 0 amide bonds. The summed E-state index contributed by atoms with van der Waals surface area (Å²) >= 11 is 0. The van der Waals surface area contributed by atoms with Gasteiger partial charge >= 0.3 is 0 Å². The Morgan fingerprint density at radius 3 is 2.94 bits per heavy atom. The van der Waals surface area contributed by atoms with E-state index in [2.05, 4.69) is 19.7 Å². The zero-order valence-corrected chi connectivity index (χ0v) is 11.0. The summed E-state index contributed by atoms with van der Waals surface area (Å²) in [7, 11) is 1.64. The first-order chi connectivity index (χ1) is 8.69. The molecule has 0 radical (unpaired) electrons. The van der Waals surface area contributed by atoms with E-state index in [-0.39, 0.29) is 12.5 Å². The van der Waals surface area contributed by atoms with Gasteiger partial charge in [-0.15, -0.1) is 0 Å². The van der Waals surface area contributed by atoms with Crippen LogP contribution in [0.5, 0.6) is 11.5 Å². The summed E-state index contributed by atoms with van der Waals surface area (Å²) in [4.78, 5) is 0. The molecule has 0 fully saturated rings. The summed E-state index contributed by atoms with van der Waals surface area (Å²) in [5.74, 6) is 1.68. The van der Waals surface area contributed by atoms with Crippen LogP contribution in [0.4, 0.5) is 0 Å². The van der Waals surface area contributed by atoms with Gasteiger partial charge in [0.05, 0.1) is 12.7 Å². The maximum atomic E-state index is 9.40. The maximum absolute atomic E-state index is 9.40. The molecule has 1 aromatic rings. The van der Waals surface area contributed by atoms with Crippen molar-refractivity contribution in [2.75, 3.05) is 20.4 Å². The number of nitrogens with zero attached hydrogens (tertiary/aromatic N) is 1. The van der Waals surface area contributed by atoms with Crippen molar-refractivity contribution in [3.05, 3.63) is 23.3 Å². The largest absolute Gasteiger partial charge is 0.493 e. The molecule has 98 valence electrons. The fraction of sp³-hybridized carbons (Fsp3) is 0.500. The third kappa shape index (κ3) is 2.34. The van der Waals surface area contributed by atoms with Gasteiger partial charge in [-0.25, -0.2) is 4.58 Å². The molecular weight excluding hydrogens is 230 g/mol. The van der Waals surface area contributed by atoms with Crippen LogP contribution in [0.2, 0.25) is 0 Å².